The van der Waals surface area contributed by atoms with E-state index < -0.39 is 6.10 Å². The highest BCUT2D eigenvalue weighted by molar-refractivity contribution is 6.36. The molecule has 0 radical (unpaired) electrons. The number of amides is 1. The summed E-state index contributed by atoms with van der Waals surface area (Å²) in [6.07, 6.45) is 1.51. The van der Waals surface area contributed by atoms with Gasteiger partial charge in [0.05, 0.1) is 11.7 Å². The number of para-hydroxylation sites is 1. The van der Waals surface area contributed by atoms with Crippen LogP contribution in [0.25, 0.3) is 0 Å². The largest absolute Gasteiger partial charge is 0.386 e. The number of aromatic nitrogens is 1. The molecule has 1 aliphatic heterocycles. The standard InChI is InChI=1S/C22H19Cl2N3O2/c23-16-5-3-6-17(24)21(16)19(28)13-26-20-9-8-15(12-25-20)22(29)27-11-10-14-4-1-2-7-18(14)27/h1-9,12,19,28H,10-11,13H2,(H,25,26). The summed E-state index contributed by atoms with van der Waals surface area (Å²) in [6, 6.07) is 16.5. The van der Waals surface area contributed by atoms with Gasteiger partial charge in [0.25, 0.3) is 5.91 Å². The van der Waals surface area contributed by atoms with Crippen molar-refractivity contribution in [3.63, 3.8) is 0 Å². The van der Waals surface area contributed by atoms with E-state index in [4.69, 9.17) is 23.2 Å². The molecule has 1 aromatic heterocycles. The predicted molar refractivity (Wildman–Crippen MR) is 116 cm³/mol. The number of hydrogen-bond donors (Lipinski definition) is 2. The number of nitrogens with one attached hydrogen (secondary N) is 1. The molecule has 7 heteroatoms. The molecule has 1 atom stereocenters. The van der Waals surface area contributed by atoms with Gasteiger partial charge < -0.3 is 15.3 Å². The Morgan fingerprint density at radius 2 is 1.86 bits per heavy atom. The van der Waals surface area contributed by atoms with Gasteiger partial charge in [-0.3, -0.25) is 4.79 Å². The molecule has 2 aromatic carbocycles. The van der Waals surface area contributed by atoms with Crippen LogP contribution in [0, 0.1) is 0 Å². The number of anilines is 2. The number of fused-ring (bicyclic) bond motifs is 1. The predicted octanol–water partition coefficient (Wildman–Crippen LogP) is 4.74. The highest BCUT2D eigenvalue weighted by Gasteiger charge is 2.25. The van der Waals surface area contributed by atoms with Gasteiger partial charge >= 0.3 is 0 Å². The summed E-state index contributed by atoms with van der Waals surface area (Å²) in [5.74, 6) is 0.475. The number of hydrogen-bond acceptors (Lipinski definition) is 4. The van der Waals surface area contributed by atoms with Crippen LogP contribution in [0.3, 0.4) is 0 Å². The van der Waals surface area contributed by atoms with Gasteiger partial charge in [0.2, 0.25) is 0 Å². The normalized spacial score (nSPS) is 13.8. The van der Waals surface area contributed by atoms with Gasteiger partial charge in [-0.1, -0.05) is 47.5 Å². The first kappa shape index (κ1) is 19.7. The minimum absolute atomic E-state index is 0.0723. The van der Waals surface area contributed by atoms with Crippen molar-refractivity contribution in [1.82, 2.24) is 4.98 Å². The van der Waals surface area contributed by atoms with Crippen molar-refractivity contribution < 1.29 is 9.90 Å². The second-order valence-electron chi connectivity index (χ2n) is 6.80. The number of nitrogens with zero attached hydrogens (tertiary/aromatic N) is 2. The van der Waals surface area contributed by atoms with Crippen LogP contribution in [0.2, 0.25) is 10.0 Å². The molecule has 2 heterocycles. The van der Waals surface area contributed by atoms with Crippen LogP contribution in [-0.4, -0.2) is 29.1 Å². The number of halogens is 2. The molecule has 0 spiro atoms. The number of carbonyl (C=O) groups excluding carboxylic acids is 1. The summed E-state index contributed by atoms with van der Waals surface area (Å²) in [5.41, 5.74) is 3.13. The van der Waals surface area contributed by atoms with Crippen LogP contribution in [0.5, 0.6) is 0 Å². The van der Waals surface area contributed by atoms with Gasteiger partial charge in [-0.15, -0.1) is 0 Å². The lowest BCUT2D eigenvalue weighted by atomic mass is 10.1. The molecule has 29 heavy (non-hydrogen) atoms. The molecule has 1 amide bonds. The average Bonchev–Trinajstić information content (AvgIpc) is 3.16. The van der Waals surface area contributed by atoms with Gasteiger partial charge in [0.1, 0.15) is 5.82 Å². The van der Waals surface area contributed by atoms with E-state index in [0.717, 1.165) is 12.1 Å². The van der Waals surface area contributed by atoms with Crippen LogP contribution in [-0.2, 0) is 6.42 Å². The molecule has 0 fully saturated rings. The molecule has 0 saturated carbocycles. The third-order valence-corrected chi connectivity index (χ3v) is 5.61. The summed E-state index contributed by atoms with van der Waals surface area (Å²) in [7, 11) is 0. The van der Waals surface area contributed by atoms with Gasteiger partial charge in [0.15, 0.2) is 0 Å². The van der Waals surface area contributed by atoms with E-state index in [0.29, 0.717) is 33.5 Å². The van der Waals surface area contributed by atoms with Crippen LogP contribution < -0.4 is 10.2 Å². The fourth-order valence-corrected chi connectivity index (χ4v) is 4.11. The van der Waals surface area contributed by atoms with E-state index in [9.17, 15) is 9.90 Å². The molecule has 4 rings (SSSR count). The molecule has 3 aromatic rings. The fourth-order valence-electron chi connectivity index (χ4n) is 3.46. The number of aliphatic hydroxyl groups excluding tert-OH is 1. The van der Waals surface area contributed by atoms with Crippen LogP contribution in [0.4, 0.5) is 11.5 Å². The van der Waals surface area contributed by atoms with E-state index in [1.54, 1.807) is 41.4 Å². The molecule has 1 aliphatic rings. The minimum atomic E-state index is -0.889. The van der Waals surface area contributed by atoms with Crippen molar-refractivity contribution in [3.05, 3.63) is 87.5 Å². The molecule has 0 saturated heterocycles. The van der Waals surface area contributed by atoms with E-state index in [1.165, 1.54) is 5.56 Å². The van der Waals surface area contributed by atoms with Crippen molar-refractivity contribution in [2.75, 3.05) is 23.3 Å². The van der Waals surface area contributed by atoms with Gasteiger partial charge in [-0.05, 0) is 42.3 Å². The Labute approximate surface area is 178 Å². The fraction of sp³-hybridized carbons (Fsp3) is 0.182. The number of aliphatic hydroxyl groups is 1. The zero-order valence-corrected chi connectivity index (χ0v) is 17.0. The molecular formula is C22H19Cl2N3O2. The maximum Gasteiger partial charge on any atom is 0.259 e. The lowest BCUT2D eigenvalue weighted by Crippen LogP contribution is -2.29. The molecule has 0 bridgehead atoms. The number of carbonyl (C=O) groups is 1. The van der Waals surface area contributed by atoms with Crippen molar-refractivity contribution in [3.8, 4) is 0 Å². The zero-order valence-electron chi connectivity index (χ0n) is 15.5. The summed E-state index contributed by atoms with van der Waals surface area (Å²) < 4.78 is 0. The highest BCUT2D eigenvalue weighted by Crippen LogP contribution is 2.31. The lowest BCUT2D eigenvalue weighted by Gasteiger charge is -2.18. The third-order valence-electron chi connectivity index (χ3n) is 4.95. The molecule has 0 aliphatic carbocycles. The number of rotatable bonds is 5. The lowest BCUT2D eigenvalue weighted by molar-refractivity contribution is 0.0989. The van der Waals surface area contributed by atoms with Gasteiger partial charge in [0, 0.05) is 40.6 Å². The van der Waals surface area contributed by atoms with Crippen molar-refractivity contribution in [1.29, 1.82) is 0 Å². The topological polar surface area (TPSA) is 65.5 Å². The summed E-state index contributed by atoms with van der Waals surface area (Å²) in [4.78, 5) is 18.9. The van der Waals surface area contributed by atoms with Crippen molar-refractivity contribution >= 4 is 40.6 Å². The van der Waals surface area contributed by atoms with E-state index >= 15 is 0 Å². The smallest absolute Gasteiger partial charge is 0.259 e. The Morgan fingerprint density at radius 1 is 1.10 bits per heavy atom. The highest BCUT2D eigenvalue weighted by atomic mass is 35.5. The molecule has 148 valence electrons. The SMILES string of the molecule is O=C(c1ccc(NCC(O)c2c(Cl)cccc2Cl)nc1)N1CCc2ccccc21. The van der Waals surface area contributed by atoms with Crippen molar-refractivity contribution in [2.45, 2.75) is 12.5 Å². The molecule has 1 unspecified atom stereocenters. The zero-order chi connectivity index (χ0) is 20.4. The maximum atomic E-state index is 12.8. The summed E-state index contributed by atoms with van der Waals surface area (Å²) in [5, 5.41) is 14.3. The monoisotopic (exact) mass is 427 g/mol. The first-order chi connectivity index (χ1) is 14.0. The van der Waals surface area contributed by atoms with Crippen molar-refractivity contribution in [2.24, 2.45) is 0 Å². The minimum Gasteiger partial charge on any atom is -0.386 e. The van der Waals surface area contributed by atoms with Gasteiger partial charge in [-0.25, -0.2) is 4.98 Å². The quantitative estimate of drug-likeness (QED) is 0.617. The molecule has 2 N–H and O–H groups in total. The first-order valence-electron chi connectivity index (χ1n) is 9.26. The molecule has 5 nitrogen and oxygen atoms in total. The van der Waals surface area contributed by atoms with E-state index in [1.807, 2.05) is 24.3 Å². The maximum absolute atomic E-state index is 12.8. The van der Waals surface area contributed by atoms with Crippen LogP contribution in [0.15, 0.2) is 60.8 Å². The Balaban J connectivity index is 1.42. The van der Waals surface area contributed by atoms with E-state index in [2.05, 4.69) is 10.3 Å². The van der Waals surface area contributed by atoms with Crippen LogP contribution in [0.1, 0.15) is 27.6 Å². The number of benzene rings is 2. The van der Waals surface area contributed by atoms with Gasteiger partial charge in [-0.2, -0.15) is 0 Å². The molecular weight excluding hydrogens is 409 g/mol. The Kier molecular flexibility index (Phi) is 5.72. The second-order valence-corrected chi connectivity index (χ2v) is 7.61. The summed E-state index contributed by atoms with van der Waals surface area (Å²) >= 11 is 12.3. The average molecular weight is 428 g/mol. The Hall–Kier alpha value is -2.60. The number of pyridine rings is 1. The third kappa shape index (κ3) is 4.08. The van der Waals surface area contributed by atoms with E-state index in [-0.39, 0.29) is 12.5 Å². The summed E-state index contributed by atoms with van der Waals surface area (Å²) in [6.45, 7) is 0.853. The first-order valence-corrected chi connectivity index (χ1v) is 10.0. The Morgan fingerprint density at radius 3 is 2.59 bits per heavy atom. The second kappa shape index (κ2) is 8.41. The Bertz CT molecular complexity index is 1020. The van der Waals surface area contributed by atoms with Crippen LogP contribution >= 0.6 is 23.2 Å².